The predicted molar refractivity (Wildman–Crippen MR) is 72.4 cm³/mol. The van der Waals surface area contributed by atoms with Crippen molar-refractivity contribution in [3.63, 3.8) is 0 Å². The average molecular weight is 274 g/mol. The summed E-state index contributed by atoms with van der Waals surface area (Å²) in [5.41, 5.74) is 0.937. The van der Waals surface area contributed by atoms with Crippen LogP contribution in [0.25, 0.3) is 0 Å². The fraction of sp³-hybridized carbons (Fsp3) is 0.583. The highest BCUT2D eigenvalue weighted by Gasteiger charge is 2.37. The fourth-order valence-electron chi connectivity index (χ4n) is 1.07. The molecule has 5 heteroatoms. The molecule has 96 valence electrons. The van der Waals surface area contributed by atoms with Crippen molar-refractivity contribution in [1.29, 1.82) is 0 Å². The highest BCUT2D eigenvalue weighted by Crippen LogP contribution is 2.37. The molecule has 0 bridgehead atoms. The van der Waals surface area contributed by atoms with Crippen LogP contribution < -0.4 is 4.73 Å². The van der Waals surface area contributed by atoms with E-state index in [-0.39, 0.29) is 10.2 Å². The van der Waals surface area contributed by atoms with Gasteiger partial charge in [0.25, 0.3) is 5.15 Å². The average Bonchev–Trinajstić information content (AvgIpc) is 2.18. The topological polar surface area (TPSA) is 36.2 Å². The Morgan fingerprint density at radius 3 is 2.47 bits per heavy atom. The van der Waals surface area contributed by atoms with Gasteiger partial charge in [-0.2, -0.15) is 4.73 Å². The van der Waals surface area contributed by atoms with Gasteiger partial charge in [-0.1, -0.05) is 20.8 Å². The van der Waals surface area contributed by atoms with Crippen LogP contribution >= 0.6 is 11.6 Å². The molecule has 0 aromatic carbocycles. The molecule has 1 aromatic heterocycles. The number of hydrogen-bond donors (Lipinski definition) is 0. The number of aromatic nitrogens is 1. The Balaban J connectivity index is 2.71. The van der Waals surface area contributed by atoms with Crippen molar-refractivity contribution < 1.29 is 9.16 Å². The van der Waals surface area contributed by atoms with E-state index in [1.54, 1.807) is 12.1 Å². The highest BCUT2D eigenvalue weighted by atomic mass is 35.5. The molecule has 0 atom stereocenters. The lowest BCUT2D eigenvalue weighted by molar-refractivity contribution is -0.603. The second kappa shape index (κ2) is 4.96. The van der Waals surface area contributed by atoms with Crippen LogP contribution in [0, 0.1) is 5.21 Å². The maximum Gasteiger partial charge on any atom is 0.286 e. The first-order valence-corrected chi connectivity index (χ1v) is 8.94. The standard InChI is InChI=1S/C12H20ClNO2Si/c1-12(2,3)17(4,5)16-9-10-6-7-14(15)11(13)8-10/h6-8H,9H2,1-5H3. The fourth-order valence-corrected chi connectivity index (χ4v) is 2.23. The Morgan fingerprint density at radius 1 is 1.41 bits per heavy atom. The molecular formula is C12H20ClNO2Si. The van der Waals surface area contributed by atoms with E-state index in [1.807, 2.05) is 0 Å². The molecule has 0 spiro atoms. The number of pyridine rings is 1. The van der Waals surface area contributed by atoms with Crippen molar-refractivity contribution >= 4 is 19.9 Å². The van der Waals surface area contributed by atoms with Crippen LogP contribution in [0.1, 0.15) is 26.3 Å². The van der Waals surface area contributed by atoms with Gasteiger partial charge in [0.15, 0.2) is 14.5 Å². The minimum absolute atomic E-state index is 0.182. The lowest BCUT2D eigenvalue weighted by Gasteiger charge is -2.36. The van der Waals surface area contributed by atoms with Crippen LogP contribution in [0.5, 0.6) is 0 Å². The van der Waals surface area contributed by atoms with Crippen LogP contribution in [-0.4, -0.2) is 8.32 Å². The van der Waals surface area contributed by atoms with E-state index in [9.17, 15) is 5.21 Å². The van der Waals surface area contributed by atoms with E-state index >= 15 is 0 Å². The molecule has 17 heavy (non-hydrogen) atoms. The van der Waals surface area contributed by atoms with E-state index in [1.165, 1.54) is 6.20 Å². The third kappa shape index (κ3) is 3.69. The first-order valence-electron chi connectivity index (χ1n) is 5.65. The summed E-state index contributed by atoms with van der Waals surface area (Å²) in [4.78, 5) is 0. The van der Waals surface area contributed by atoms with Gasteiger partial charge >= 0.3 is 0 Å². The van der Waals surface area contributed by atoms with Crippen molar-refractivity contribution in [1.82, 2.24) is 0 Å². The molecule has 1 aromatic rings. The summed E-state index contributed by atoms with van der Waals surface area (Å²) >= 11 is 5.76. The molecule has 0 radical (unpaired) electrons. The van der Waals surface area contributed by atoms with Gasteiger partial charge in [-0.25, -0.2) is 0 Å². The first kappa shape index (κ1) is 14.5. The van der Waals surface area contributed by atoms with Crippen LogP contribution in [0.2, 0.25) is 23.3 Å². The maximum absolute atomic E-state index is 11.1. The van der Waals surface area contributed by atoms with Crippen LogP contribution in [-0.2, 0) is 11.0 Å². The first-order chi connectivity index (χ1) is 7.63. The Kier molecular flexibility index (Phi) is 4.22. The lowest BCUT2D eigenvalue weighted by atomic mass is 10.2. The molecule has 0 N–H and O–H groups in total. The van der Waals surface area contributed by atoms with Crippen molar-refractivity contribution in [2.24, 2.45) is 0 Å². The largest absolute Gasteiger partial charge is 0.618 e. The summed E-state index contributed by atoms with van der Waals surface area (Å²) in [6.07, 6.45) is 1.41. The monoisotopic (exact) mass is 273 g/mol. The minimum atomic E-state index is -1.75. The molecule has 0 unspecified atom stereocenters. The second-order valence-corrected chi connectivity index (χ2v) is 10.9. The summed E-state index contributed by atoms with van der Waals surface area (Å²) in [6, 6.07) is 3.40. The van der Waals surface area contributed by atoms with E-state index in [0.717, 1.165) is 5.56 Å². The normalized spacial score (nSPS) is 12.8. The van der Waals surface area contributed by atoms with E-state index in [4.69, 9.17) is 16.0 Å². The molecule has 0 fully saturated rings. The van der Waals surface area contributed by atoms with Gasteiger partial charge < -0.3 is 9.63 Å². The van der Waals surface area contributed by atoms with Crippen LogP contribution in [0.3, 0.4) is 0 Å². The van der Waals surface area contributed by atoms with Crippen LogP contribution in [0.4, 0.5) is 0 Å². The molecule has 0 aliphatic carbocycles. The van der Waals surface area contributed by atoms with Gasteiger partial charge in [-0.15, -0.1) is 0 Å². The molecule has 0 saturated heterocycles. The molecule has 1 rings (SSSR count). The summed E-state index contributed by atoms with van der Waals surface area (Å²) in [5, 5.41) is 11.5. The van der Waals surface area contributed by atoms with Gasteiger partial charge in [0, 0.05) is 12.1 Å². The number of nitrogens with zero attached hydrogens (tertiary/aromatic N) is 1. The quantitative estimate of drug-likeness (QED) is 0.366. The molecular weight excluding hydrogens is 254 g/mol. The van der Waals surface area contributed by atoms with Crippen molar-refractivity contribution in [2.45, 2.75) is 45.5 Å². The smallest absolute Gasteiger partial charge is 0.286 e. The molecule has 0 aliphatic rings. The zero-order valence-electron chi connectivity index (χ0n) is 11.1. The Labute approximate surface area is 109 Å². The van der Waals surface area contributed by atoms with Gasteiger partial charge in [-0.05, 0) is 35.3 Å². The van der Waals surface area contributed by atoms with Crippen molar-refractivity contribution in [3.8, 4) is 0 Å². The Hall–Kier alpha value is -0.583. The van der Waals surface area contributed by atoms with Crippen molar-refractivity contribution in [2.75, 3.05) is 0 Å². The zero-order chi connectivity index (χ0) is 13.3. The van der Waals surface area contributed by atoms with Gasteiger partial charge in [0.1, 0.15) is 0 Å². The zero-order valence-corrected chi connectivity index (χ0v) is 12.8. The summed E-state index contributed by atoms with van der Waals surface area (Å²) in [5.74, 6) is 0. The SMILES string of the molecule is CC(C)(C)[Si](C)(C)OCc1cc[n+]([O-])c(Cl)c1. The number of halogens is 1. The molecule has 3 nitrogen and oxygen atoms in total. The van der Waals surface area contributed by atoms with E-state index in [2.05, 4.69) is 33.9 Å². The number of hydrogen-bond acceptors (Lipinski definition) is 2. The summed E-state index contributed by atoms with van der Waals surface area (Å²) in [7, 11) is -1.75. The lowest BCUT2D eigenvalue weighted by Crippen LogP contribution is -2.40. The maximum atomic E-state index is 11.1. The second-order valence-electron chi connectivity index (χ2n) is 5.73. The van der Waals surface area contributed by atoms with E-state index in [0.29, 0.717) is 11.3 Å². The Bertz CT molecular complexity index is 402. The minimum Gasteiger partial charge on any atom is -0.618 e. The summed E-state index contributed by atoms with van der Waals surface area (Å²) < 4.78 is 6.68. The third-order valence-corrected chi connectivity index (χ3v) is 8.10. The number of rotatable bonds is 3. The van der Waals surface area contributed by atoms with Gasteiger partial charge in [0.2, 0.25) is 0 Å². The third-order valence-electron chi connectivity index (χ3n) is 3.34. The molecule has 0 aliphatic heterocycles. The molecule has 0 amide bonds. The van der Waals surface area contributed by atoms with E-state index < -0.39 is 8.32 Å². The van der Waals surface area contributed by atoms with Gasteiger partial charge in [0.05, 0.1) is 6.61 Å². The highest BCUT2D eigenvalue weighted by molar-refractivity contribution is 6.74. The summed E-state index contributed by atoms with van der Waals surface area (Å²) in [6.45, 7) is 11.5. The molecule has 1 heterocycles. The predicted octanol–water partition coefficient (Wildman–Crippen LogP) is 3.50. The van der Waals surface area contributed by atoms with Crippen LogP contribution in [0.15, 0.2) is 18.3 Å². The van der Waals surface area contributed by atoms with Gasteiger partial charge in [-0.3, -0.25) is 0 Å². The molecule has 0 saturated carbocycles. The van der Waals surface area contributed by atoms with Crippen molar-refractivity contribution in [3.05, 3.63) is 34.3 Å². The Morgan fingerprint density at radius 2 is 2.00 bits per heavy atom.